The maximum absolute atomic E-state index is 11.5. The Kier molecular flexibility index (Phi) is 4.87. The van der Waals surface area contributed by atoms with E-state index in [1.807, 2.05) is 31.2 Å². The van der Waals surface area contributed by atoms with Gasteiger partial charge in [-0.3, -0.25) is 0 Å². The minimum absolute atomic E-state index is 0.193. The average Bonchev–Trinajstić information content (AvgIpc) is 2.48. The molecule has 0 aliphatic carbocycles. The summed E-state index contributed by atoms with van der Waals surface area (Å²) in [7, 11) is -3.25. The molecule has 0 saturated carbocycles. The van der Waals surface area contributed by atoms with Crippen LogP contribution in [0, 0.1) is 6.92 Å². The number of hydrogen-bond acceptors (Lipinski definition) is 4. The Balaban J connectivity index is 2.55. The molecule has 0 atom stereocenters. The topological polar surface area (TPSA) is 86.2 Å². The van der Waals surface area contributed by atoms with Crippen LogP contribution in [0.5, 0.6) is 0 Å². The van der Waals surface area contributed by atoms with Crippen molar-refractivity contribution in [1.29, 1.82) is 0 Å². The van der Waals surface area contributed by atoms with Gasteiger partial charge in [0.2, 0.25) is 0 Å². The highest BCUT2D eigenvalue weighted by Crippen LogP contribution is 2.24. The number of aryl methyl sites for hydroxylation is 1. The highest BCUT2D eigenvalue weighted by atomic mass is 32.2. The van der Waals surface area contributed by atoms with E-state index < -0.39 is 9.84 Å². The van der Waals surface area contributed by atoms with Crippen LogP contribution in [0.1, 0.15) is 16.7 Å². The first kappa shape index (κ1) is 17.2. The van der Waals surface area contributed by atoms with Crippen molar-refractivity contribution < 1.29 is 8.42 Å². The summed E-state index contributed by atoms with van der Waals surface area (Å²) >= 11 is 5.14. The molecule has 0 unspecified atom stereocenters. The number of nitrogens with two attached hydrogens (primary N) is 2. The third-order valence-corrected chi connectivity index (χ3v) is 4.78. The van der Waals surface area contributed by atoms with E-state index in [9.17, 15) is 8.42 Å². The van der Waals surface area contributed by atoms with Gasteiger partial charge in [0, 0.05) is 17.5 Å². The molecule has 2 aromatic carbocycles. The second-order valence-electron chi connectivity index (χ2n) is 5.32. The van der Waals surface area contributed by atoms with Gasteiger partial charge in [0.05, 0.1) is 4.90 Å². The fourth-order valence-corrected chi connectivity index (χ4v) is 3.04. The molecule has 4 nitrogen and oxygen atoms in total. The highest BCUT2D eigenvalue weighted by Gasteiger charge is 2.13. The van der Waals surface area contributed by atoms with E-state index >= 15 is 0 Å². The van der Waals surface area contributed by atoms with Gasteiger partial charge < -0.3 is 11.5 Å². The van der Waals surface area contributed by atoms with Gasteiger partial charge in [0.1, 0.15) is 4.99 Å². The molecule has 0 fully saturated rings. The van der Waals surface area contributed by atoms with Crippen molar-refractivity contribution in [2.24, 2.45) is 11.5 Å². The van der Waals surface area contributed by atoms with Gasteiger partial charge in [-0.15, -0.1) is 0 Å². The van der Waals surface area contributed by atoms with Crippen LogP contribution in [0.4, 0.5) is 0 Å². The first-order valence-corrected chi connectivity index (χ1v) is 9.17. The van der Waals surface area contributed by atoms with Crippen molar-refractivity contribution in [3.63, 3.8) is 0 Å². The zero-order chi connectivity index (χ0) is 17.2. The van der Waals surface area contributed by atoms with Crippen LogP contribution < -0.4 is 11.5 Å². The SMILES string of the molecule is Cc1ccc(/C(C(N)=S)=C(/N)c2ccc(S(C)(=O)=O)cc2)cc1. The molecule has 0 aliphatic rings. The van der Waals surface area contributed by atoms with Gasteiger partial charge >= 0.3 is 0 Å². The van der Waals surface area contributed by atoms with E-state index in [1.54, 1.807) is 12.1 Å². The summed E-state index contributed by atoms with van der Waals surface area (Å²) in [6.45, 7) is 1.99. The summed E-state index contributed by atoms with van der Waals surface area (Å²) in [4.78, 5) is 0.430. The van der Waals surface area contributed by atoms with Gasteiger partial charge in [-0.2, -0.15) is 0 Å². The van der Waals surface area contributed by atoms with Crippen molar-refractivity contribution in [3.8, 4) is 0 Å². The highest BCUT2D eigenvalue weighted by molar-refractivity contribution is 7.90. The lowest BCUT2D eigenvalue weighted by atomic mass is 9.99. The van der Waals surface area contributed by atoms with Crippen LogP contribution in [0.15, 0.2) is 53.4 Å². The molecular weight excluding hydrogens is 328 g/mol. The summed E-state index contributed by atoms with van der Waals surface area (Å²) in [5.41, 5.74) is 15.7. The third-order valence-electron chi connectivity index (χ3n) is 3.45. The van der Waals surface area contributed by atoms with Crippen LogP contribution in [0.3, 0.4) is 0 Å². The van der Waals surface area contributed by atoms with Crippen molar-refractivity contribution in [3.05, 3.63) is 65.2 Å². The van der Waals surface area contributed by atoms with E-state index in [-0.39, 0.29) is 9.88 Å². The summed E-state index contributed by atoms with van der Waals surface area (Å²) in [5, 5.41) is 0. The summed E-state index contributed by atoms with van der Waals surface area (Å²) < 4.78 is 23.1. The molecule has 0 spiro atoms. The minimum atomic E-state index is -3.25. The Morgan fingerprint density at radius 2 is 1.39 bits per heavy atom. The molecule has 0 radical (unpaired) electrons. The first-order chi connectivity index (χ1) is 10.7. The number of sulfone groups is 1. The molecule has 23 heavy (non-hydrogen) atoms. The van der Waals surface area contributed by atoms with Gasteiger partial charge in [0.25, 0.3) is 0 Å². The number of hydrogen-bond donors (Lipinski definition) is 2. The Morgan fingerprint density at radius 3 is 1.83 bits per heavy atom. The number of benzene rings is 2. The van der Waals surface area contributed by atoms with Crippen molar-refractivity contribution in [2.45, 2.75) is 11.8 Å². The second kappa shape index (κ2) is 6.52. The predicted octanol–water partition coefficient (Wildman–Crippen LogP) is 2.51. The lowest BCUT2D eigenvalue weighted by Gasteiger charge is -2.12. The normalized spacial score (nSPS) is 12.6. The van der Waals surface area contributed by atoms with Crippen LogP contribution in [-0.2, 0) is 9.84 Å². The van der Waals surface area contributed by atoms with Crippen LogP contribution in [0.25, 0.3) is 11.3 Å². The van der Waals surface area contributed by atoms with E-state index in [1.165, 1.54) is 12.1 Å². The first-order valence-electron chi connectivity index (χ1n) is 6.87. The maximum atomic E-state index is 11.5. The third kappa shape index (κ3) is 3.97. The molecule has 0 saturated heterocycles. The van der Waals surface area contributed by atoms with Gasteiger partial charge in [0.15, 0.2) is 9.84 Å². The molecular formula is C17H18N2O2S2. The van der Waals surface area contributed by atoms with Gasteiger partial charge in [-0.25, -0.2) is 8.42 Å². The fourth-order valence-electron chi connectivity index (χ4n) is 2.18. The molecule has 6 heteroatoms. The Hall–Kier alpha value is -2.18. The Morgan fingerprint density at radius 1 is 0.913 bits per heavy atom. The Bertz CT molecular complexity index is 866. The molecule has 2 aromatic rings. The van der Waals surface area contributed by atoms with Gasteiger partial charge in [-0.1, -0.05) is 54.2 Å². The summed E-state index contributed by atoms with van der Waals surface area (Å²) in [6.07, 6.45) is 1.16. The van der Waals surface area contributed by atoms with Crippen LogP contribution in [0.2, 0.25) is 0 Å². The van der Waals surface area contributed by atoms with Gasteiger partial charge in [-0.05, 0) is 30.2 Å². The Labute approximate surface area is 141 Å². The zero-order valence-electron chi connectivity index (χ0n) is 12.9. The zero-order valence-corrected chi connectivity index (χ0v) is 14.5. The molecule has 0 amide bonds. The molecule has 120 valence electrons. The van der Waals surface area contributed by atoms with Crippen molar-refractivity contribution in [2.75, 3.05) is 6.26 Å². The molecule has 0 aromatic heterocycles. The van der Waals surface area contributed by atoms with Crippen molar-refractivity contribution in [1.82, 2.24) is 0 Å². The average molecular weight is 346 g/mol. The van der Waals surface area contributed by atoms with Crippen molar-refractivity contribution >= 4 is 38.3 Å². The summed E-state index contributed by atoms with van der Waals surface area (Å²) in [5.74, 6) is 0. The van der Waals surface area contributed by atoms with E-state index in [0.29, 0.717) is 16.8 Å². The second-order valence-corrected chi connectivity index (χ2v) is 7.77. The largest absolute Gasteiger partial charge is 0.398 e. The molecule has 0 aliphatic heterocycles. The monoisotopic (exact) mass is 346 g/mol. The number of rotatable bonds is 4. The van der Waals surface area contributed by atoms with E-state index in [2.05, 4.69) is 0 Å². The number of thiocarbonyl (C=S) groups is 1. The van der Waals surface area contributed by atoms with E-state index in [0.717, 1.165) is 17.4 Å². The fraction of sp³-hybridized carbons (Fsp3) is 0.118. The summed E-state index contributed by atoms with van der Waals surface area (Å²) in [6, 6.07) is 14.1. The molecule has 4 N–H and O–H groups in total. The lowest BCUT2D eigenvalue weighted by Crippen LogP contribution is -2.15. The lowest BCUT2D eigenvalue weighted by molar-refractivity contribution is 0.602. The minimum Gasteiger partial charge on any atom is -0.398 e. The van der Waals surface area contributed by atoms with Crippen LogP contribution >= 0.6 is 12.2 Å². The molecule has 0 heterocycles. The maximum Gasteiger partial charge on any atom is 0.175 e. The smallest absolute Gasteiger partial charge is 0.175 e. The molecule has 2 rings (SSSR count). The van der Waals surface area contributed by atoms with E-state index in [4.69, 9.17) is 23.7 Å². The predicted molar refractivity (Wildman–Crippen MR) is 98.5 cm³/mol. The molecule has 0 bridgehead atoms. The standard InChI is InChI=1S/C17H18N2O2S2/c1-11-3-5-12(6-4-11)15(17(19)22)16(18)13-7-9-14(10-8-13)23(2,20)21/h3-10H,18H2,1-2H3,(H2,19,22)/b16-15-. The van der Waals surface area contributed by atoms with Crippen LogP contribution in [-0.4, -0.2) is 19.7 Å². The quantitative estimate of drug-likeness (QED) is 0.505.